The Hall–Kier alpha value is -1.72. The minimum atomic E-state index is -0.549. The van der Waals surface area contributed by atoms with E-state index in [0.717, 1.165) is 4.47 Å². The van der Waals surface area contributed by atoms with Gasteiger partial charge in [0.1, 0.15) is 0 Å². The minimum absolute atomic E-state index is 0.241. The molecule has 0 saturated heterocycles. The SMILES string of the molecule is O=C1C(=O)N(Cc2ccc(Br)cn2)c2cc(Cl)ccc21. The summed E-state index contributed by atoms with van der Waals surface area (Å²) in [6, 6.07) is 8.44. The Morgan fingerprint density at radius 3 is 2.70 bits per heavy atom. The number of Topliss-reactive ketones (excluding diaryl/α,β-unsaturated/α-hetero) is 1. The topological polar surface area (TPSA) is 50.3 Å². The zero-order chi connectivity index (χ0) is 14.3. The fourth-order valence-corrected chi connectivity index (χ4v) is 2.49. The van der Waals surface area contributed by atoms with Crippen LogP contribution >= 0.6 is 27.5 Å². The molecule has 1 amide bonds. The van der Waals surface area contributed by atoms with Crippen molar-refractivity contribution in [2.45, 2.75) is 6.54 Å². The molecule has 1 aliphatic heterocycles. The van der Waals surface area contributed by atoms with Gasteiger partial charge >= 0.3 is 0 Å². The van der Waals surface area contributed by atoms with Crippen LogP contribution in [-0.2, 0) is 11.3 Å². The van der Waals surface area contributed by atoms with Gasteiger partial charge in [0.25, 0.3) is 11.7 Å². The molecule has 0 unspecified atom stereocenters. The van der Waals surface area contributed by atoms with E-state index in [1.807, 2.05) is 6.07 Å². The number of ketones is 1. The fraction of sp³-hybridized carbons (Fsp3) is 0.0714. The summed E-state index contributed by atoms with van der Waals surface area (Å²) in [5.74, 6) is -1.05. The van der Waals surface area contributed by atoms with Gasteiger partial charge in [0.05, 0.1) is 23.5 Å². The predicted molar refractivity (Wildman–Crippen MR) is 78.9 cm³/mol. The van der Waals surface area contributed by atoms with Crippen LogP contribution in [-0.4, -0.2) is 16.7 Å². The van der Waals surface area contributed by atoms with Crippen LogP contribution in [0.5, 0.6) is 0 Å². The Kier molecular flexibility index (Phi) is 3.31. The van der Waals surface area contributed by atoms with E-state index in [2.05, 4.69) is 20.9 Å². The highest BCUT2D eigenvalue weighted by molar-refractivity contribution is 9.10. The molecule has 3 rings (SSSR count). The van der Waals surface area contributed by atoms with Crippen LogP contribution in [0.1, 0.15) is 16.1 Å². The standard InChI is InChI=1S/C14H8BrClN2O2/c15-8-1-3-10(17-6-8)7-18-12-5-9(16)2-4-11(12)13(19)14(18)20/h1-6H,7H2. The second-order valence-corrected chi connectivity index (χ2v) is 5.70. The van der Waals surface area contributed by atoms with Crippen molar-refractivity contribution >= 4 is 44.9 Å². The molecule has 4 nitrogen and oxygen atoms in total. The van der Waals surface area contributed by atoms with Crippen molar-refractivity contribution < 1.29 is 9.59 Å². The fourth-order valence-electron chi connectivity index (χ4n) is 2.09. The number of aromatic nitrogens is 1. The van der Waals surface area contributed by atoms with Gasteiger partial charge in [-0.2, -0.15) is 0 Å². The number of nitrogens with zero attached hydrogens (tertiary/aromatic N) is 2. The van der Waals surface area contributed by atoms with E-state index in [0.29, 0.717) is 22.0 Å². The molecule has 2 aromatic rings. The number of pyridine rings is 1. The highest BCUT2D eigenvalue weighted by atomic mass is 79.9. The number of rotatable bonds is 2. The van der Waals surface area contributed by atoms with Gasteiger partial charge in [0.2, 0.25) is 0 Å². The summed E-state index contributed by atoms with van der Waals surface area (Å²) >= 11 is 9.24. The Labute approximate surface area is 128 Å². The number of benzene rings is 1. The maximum atomic E-state index is 12.0. The van der Waals surface area contributed by atoms with Gasteiger partial charge in [0, 0.05) is 15.7 Å². The molecular formula is C14H8BrClN2O2. The normalized spacial score (nSPS) is 13.8. The number of carbonyl (C=O) groups is 2. The van der Waals surface area contributed by atoms with E-state index in [9.17, 15) is 9.59 Å². The number of amides is 1. The maximum absolute atomic E-state index is 12.0. The van der Waals surface area contributed by atoms with Crippen molar-refractivity contribution in [3.63, 3.8) is 0 Å². The number of hydrogen-bond acceptors (Lipinski definition) is 3. The van der Waals surface area contributed by atoms with Gasteiger partial charge in [-0.1, -0.05) is 11.6 Å². The first kappa shape index (κ1) is 13.3. The number of halogens is 2. The Morgan fingerprint density at radius 2 is 2.00 bits per heavy atom. The largest absolute Gasteiger partial charge is 0.299 e. The zero-order valence-electron chi connectivity index (χ0n) is 10.1. The first-order valence-corrected chi connectivity index (χ1v) is 6.99. The summed E-state index contributed by atoms with van der Waals surface area (Å²) in [5.41, 5.74) is 1.62. The van der Waals surface area contributed by atoms with E-state index in [1.165, 1.54) is 4.90 Å². The molecule has 0 spiro atoms. The molecule has 1 aromatic carbocycles. The lowest BCUT2D eigenvalue weighted by atomic mass is 10.1. The summed E-state index contributed by atoms with van der Waals surface area (Å²) < 4.78 is 0.855. The average molecular weight is 352 g/mol. The molecule has 1 aliphatic rings. The number of carbonyl (C=O) groups excluding carboxylic acids is 2. The van der Waals surface area contributed by atoms with Crippen molar-refractivity contribution in [1.82, 2.24) is 4.98 Å². The van der Waals surface area contributed by atoms with E-state index in [1.54, 1.807) is 30.5 Å². The lowest BCUT2D eigenvalue weighted by Gasteiger charge is -2.16. The number of anilines is 1. The lowest BCUT2D eigenvalue weighted by Crippen LogP contribution is -2.29. The highest BCUT2D eigenvalue weighted by Gasteiger charge is 2.35. The molecule has 0 N–H and O–H groups in total. The van der Waals surface area contributed by atoms with Gasteiger partial charge in [-0.05, 0) is 46.3 Å². The lowest BCUT2D eigenvalue weighted by molar-refractivity contribution is -0.114. The van der Waals surface area contributed by atoms with E-state index < -0.39 is 11.7 Å². The molecule has 0 radical (unpaired) electrons. The second kappa shape index (κ2) is 5.00. The smallest absolute Gasteiger partial charge is 0.299 e. The van der Waals surface area contributed by atoms with Gasteiger partial charge in [-0.25, -0.2) is 0 Å². The first-order chi connectivity index (χ1) is 9.56. The molecule has 2 heterocycles. The van der Waals surface area contributed by atoms with Crippen molar-refractivity contribution in [2.24, 2.45) is 0 Å². The monoisotopic (exact) mass is 350 g/mol. The van der Waals surface area contributed by atoms with Crippen molar-refractivity contribution in [2.75, 3.05) is 4.90 Å². The molecule has 0 atom stereocenters. The number of hydrogen-bond donors (Lipinski definition) is 0. The minimum Gasteiger partial charge on any atom is -0.299 e. The Morgan fingerprint density at radius 1 is 1.20 bits per heavy atom. The third kappa shape index (κ3) is 2.23. The predicted octanol–water partition coefficient (Wildman–Crippen LogP) is 3.23. The van der Waals surface area contributed by atoms with E-state index in [4.69, 9.17) is 11.6 Å². The van der Waals surface area contributed by atoms with Gasteiger partial charge in [-0.15, -0.1) is 0 Å². The van der Waals surface area contributed by atoms with Crippen LogP contribution < -0.4 is 4.90 Å². The van der Waals surface area contributed by atoms with Crippen LogP contribution in [0.25, 0.3) is 0 Å². The Balaban J connectivity index is 1.98. The van der Waals surface area contributed by atoms with Crippen molar-refractivity contribution in [1.29, 1.82) is 0 Å². The van der Waals surface area contributed by atoms with Crippen LogP contribution in [0.4, 0.5) is 5.69 Å². The van der Waals surface area contributed by atoms with Crippen LogP contribution in [0, 0.1) is 0 Å². The van der Waals surface area contributed by atoms with Gasteiger partial charge in [0.15, 0.2) is 0 Å². The molecule has 0 fully saturated rings. The summed E-state index contributed by atoms with van der Waals surface area (Å²) in [4.78, 5) is 29.6. The maximum Gasteiger partial charge on any atom is 0.299 e. The molecule has 0 saturated carbocycles. The quantitative estimate of drug-likeness (QED) is 0.781. The molecular weight excluding hydrogens is 344 g/mol. The van der Waals surface area contributed by atoms with Crippen LogP contribution in [0.15, 0.2) is 41.0 Å². The molecule has 100 valence electrons. The van der Waals surface area contributed by atoms with Crippen LogP contribution in [0.2, 0.25) is 5.02 Å². The second-order valence-electron chi connectivity index (χ2n) is 4.35. The van der Waals surface area contributed by atoms with Crippen molar-refractivity contribution in [3.8, 4) is 0 Å². The first-order valence-electron chi connectivity index (χ1n) is 5.82. The summed E-state index contributed by atoms with van der Waals surface area (Å²) in [6.45, 7) is 0.241. The zero-order valence-corrected chi connectivity index (χ0v) is 12.5. The molecule has 6 heteroatoms. The molecule has 0 aliphatic carbocycles. The summed E-state index contributed by atoms with van der Waals surface area (Å²) in [5, 5.41) is 0.486. The van der Waals surface area contributed by atoms with Crippen molar-refractivity contribution in [3.05, 3.63) is 57.3 Å². The van der Waals surface area contributed by atoms with Gasteiger partial charge in [-0.3, -0.25) is 19.5 Å². The highest BCUT2D eigenvalue weighted by Crippen LogP contribution is 2.32. The van der Waals surface area contributed by atoms with E-state index >= 15 is 0 Å². The summed E-state index contributed by atoms with van der Waals surface area (Å²) in [6.07, 6.45) is 1.65. The third-order valence-electron chi connectivity index (χ3n) is 3.04. The number of fused-ring (bicyclic) bond motifs is 1. The van der Waals surface area contributed by atoms with E-state index in [-0.39, 0.29) is 6.54 Å². The third-order valence-corrected chi connectivity index (χ3v) is 3.75. The molecule has 1 aromatic heterocycles. The van der Waals surface area contributed by atoms with Crippen LogP contribution in [0.3, 0.4) is 0 Å². The van der Waals surface area contributed by atoms with Gasteiger partial charge < -0.3 is 0 Å². The Bertz CT molecular complexity index is 716. The summed E-state index contributed by atoms with van der Waals surface area (Å²) in [7, 11) is 0. The molecule has 0 bridgehead atoms. The average Bonchev–Trinajstić information content (AvgIpc) is 2.66. The molecule has 20 heavy (non-hydrogen) atoms.